The second-order valence-electron chi connectivity index (χ2n) is 4.21. The van der Waals surface area contributed by atoms with Gasteiger partial charge >= 0.3 is 6.18 Å². The highest BCUT2D eigenvalue weighted by atomic mass is 19.4. The lowest BCUT2D eigenvalue weighted by Gasteiger charge is -2.10. The van der Waals surface area contributed by atoms with Gasteiger partial charge in [-0.05, 0) is 12.5 Å². The second kappa shape index (κ2) is 5.40. The number of benzene rings is 1. The number of ether oxygens (including phenoxy) is 1. The van der Waals surface area contributed by atoms with Crippen molar-refractivity contribution >= 4 is 16.6 Å². The van der Waals surface area contributed by atoms with Crippen LogP contribution in [0, 0.1) is 0 Å². The summed E-state index contributed by atoms with van der Waals surface area (Å²) in [6, 6.07) is 2.83. The first-order valence-electron chi connectivity index (χ1n) is 5.83. The number of hydrogen-bond donors (Lipinski definition) is 2. The minimum atomic E-state index is -4.20. The van der Waals surface area contributed by atoms with E-state index in [0.717, 1.165) is 0 Å². The van der Waals surface area contributed by atoms with E-state index in [2.05, 4.69) is 9.97 Å². The van der Waals surface area contributed by atoms with Crippen molar-refractivity contribution in [1.29, 1.82) is 0 Å². The molecule has 0 saturated heterocycles. The van der Waals surface area contributed by atoms with Crippen molar-refractivity contribution in [3.8, 4) is 5.75 Å². The zero-order valence-electron chi connectivity index (χ0n) is 10.3. The van der Waals surface area contributed by atoms with Crippen LogP contribution in [-0.4, -0.2) is 22.8 Å². The lowest BCUT2D eigenvalue weighted by molar-refractivity contribution is -0.136. The summed E-state index contributed by atoms with van der Waals surface area (Å²) >= 11 is 0. The van der Waals surface area contributed by atoms with Gasteiger partial charge in [-0.1, -0.05) is 0 Å². The zero-order chi connectivity index (χ0) is 14.8. The molecule has 0 aliphatic carbocycles. The van der Waals surface area contributed by atoms with Crippen LogP contribution < -0.4 is 16.0 Å². The Bertz CT molecular complexity index is 667. The largest absolute Gasteiger partial charge is 0.491 e. The van der Waals surface area contributed by atoms with Crippen molar-refractivity contribution in [3.63, 3.8) is 0 Å². The van der Waals surface area contributed by atoms with Gasteiger partial charge in [0.2, 0.25) is 0 Å². The van der Waals surface area contributed by atoms with E-state index in [-0.39, 0.29) is 30.0 Å². The Morgan fingerprint density at radius 2 is 2.10 bits per heavy atom. The van der Waals surface area contributed by atoms with Crippen LogP contribution in [-0.2, 0) is 0 Å². The fourth-order valence-electron chi connectivity index (χ4n) is 1.69. The van der Waals surface area contributed by atoms with Crippen LogP contribution in [0.4, 0.5) is 18.9 Å². The van der Waals surface area contributed by atoms with Crippen molar-refractivity contribution < 1.29 is 17.9 Å². The smallest absolute Gasteiger partial charge is 0.389 e. The molecule has 0 fully saturated rings. The predicted octanol–water partition coefficient (Wildman–Crippen LogP) is 2.23. The van der Waals surface area contributed by atoms with Gasteiger partial charge in [0, 0.05) is 12.5 Å². The summed E-state index contributed by atoms with van der Waals surface area (Å²) in [6.07, 6.45) is -4.05. The van der Waals surface area contributed by atoms with Gasteiger partial charge in [-0.15, -0.1) is 0 Å². The number of aromatic nitrogens is 2. The molecule has 0 spiro atoms. The third kappa shape index (κ3) is 3.40. The molecule has 108 valence electrons. The van der Waals surface area contributed by atoms with E-state index in [4.69, 9.17) is 10.5 Å². The number of nitrogens with zero attached hydrogens (tertiary/aromatic N) is 1. The van der Waals surface area contributed by atoms with E-state index in [1.807, 2.05) is 0 Å². The molecule has 0 radical (unpaired) electrons. The topological polar surface area (TPSA) is 81.0 Å². The number of nitrogen functional groups attached to an aromatic ring is 1. The highest BCUT2D eigenvalue weighted by Crippen LogP contribution is 2.26. The van der Waals surface area contributed by atoms with Crippen molar-refractivity contribution in [1.82, 2.24) is 9.97 Å². The monoisotopic (exact) mass is 287 g/mol. The van der Waals surface area contributed by atoms with Gasteiger partial charge in [0.15, 0.2) is 0 Å². The molecule has 2 rings (SSSR count). The molecular weight excluding hydrogens is 275 g/mol. The summed E-state index contributed by atoms with van der Waals surface area (Å²) in [5.74, 6) is 0.220. The molecule has 0 aliphatic rings. The summed E-state index contributed by atoms with van der Waals surface area (Å²) in [4.78, 5) is 17.8. The fourth-order valence-corrected chi connectivity index (χ4v) is 1.69. The van der Waals surface area contributed by atoms with Crippen LogP contribution in [0.1, 0.15) is 12.8 Å². The van der Waals surface area contributed by atoms with E-state index in [1.165, 1.54) is 18.5 Å². The maximum atomic E-state index is 12.0. The number of H-pyrrole nitrogens is 1. The number of nitrogens with two attached hydrogens (primary N) is 1. The van der Waals surface area contributed by atoms with Gasteiger partial charge in [0.05, 0.1) is 29.5 Å². The van der Waals surface area contributed by atoms with Crippen LogP contribution in [0.5, 0.6) is 5.75 Å². The Morgan fingerprint density at radius 3 is 2.80 bits per heavy atom. The van der Waals surface area contributed by atoms with Crippen LogP contribution in [0.2, 0.25) is 0 Å². The van der Waals surface area contributed by atoms with Crippen LogP contribution in [0.25, 0.3) is 10.9 Å². The summed E-state index contributed by atoms with van der Waals surface area (Å²) < 4.78 is 41.2. The SMILES string of the molecule is Nc1cc2c(=O)[nH]cnc2cc1OCCCC(F)(F)F. The zero-order valence-corrected chi connectivity index (χ0v) is 10.3. The molecule has 2 aromatic rings. The first-order valence-corrected chi connectivity index (χ1v) is 5.83. The molecule has 1 heterocycles. The quantitative estimate of drug-likeness (QED) is 0.667. The molecule has 0 unspecified atom stereocenters. The third-order valence-electron chi connectivity index (χ3n) is 2.63. The summed E-state index contributed by atoms with van der Waals surface area (Å²) in [6.45, 7) is -0.113. The maximum absolute atomic E-state index is 12.0. The molecule has 0 bridgehead atoms. The first-order chi connectivity index (χ1) is 9.37. The number of nitrogens with one attached hydrogen (secondary N) is 1. The maximum Gasteiger partial charge on any atom is 0.389 e. The highest BCUT2D eigenvalue weighted by molar-refractivity contribution is 5.84. The molecule has 5 nitrogen and oxygen atoms in total. The van der Waals surface area contributed by atoms with Gasteiger partial charge in [0.1, 0.15) is 5.75 Å². The first kappa shape index (κ1) is 14.2. The van der Waals surface area contributed by atoms with E-state index >= 15 is 0 Å². The van der Waals surface area contributed by atoms with E-state index in [9.17, 15) is 18.0 Å². The number of hydrogen-bond acceptors (Lipinski definition) is 4. The minimum absolute atomic E-state index is 0.113. The lowest BCUT2D eigenvalue weighted by Crippen LogP contribution is -2.11. The standard InChI is InChI=1S/C12H12F3N3O2/c13-12(14,15)2-1-3-20-10-5-9-7(4-8(10)16)11(19)18-6-17-9/h4-6H,1-3,16H2,(H,17,18,19). The molecule has 0 atom stereocenters. The van der Waals surface area contributed by atoms with Crippen molar-refractivity contribution in [3.05, 3.63) is 28.8 Å². The molecule has 0 saturated carbocycles. The number of fused-ring (bicyclic) bond motifs is 1. The van der Waals surface area contributed by atoms with Crippen LogP contribution in [0.3, 0.4) is 0 Å². The third-order valence-corrected chi connectivity index (χ3v) is 2.63. The van der Waals surface area contributed by atoms with Crippen LogP contribution in [0.15, 0.2) is 23.3 Å². The molecule has 1 aromatic heterocycles. The normalized spacial score (nSPS) is 11.8. The van der Waals surface area contributed by atoms with Gasteiger partial charge in [-0.2, -0.15) is 13.2 Å². The number of anilines is 1. The Balaban J connectivity index is 2.11. The second-order valence-corrected chi connectivity index (χ2v) is 4.21. The Kier molecular flexibility index (Phi) is 3.82. The molecule has 8 heteroatoms. The summed E-state index contributed by atoms with van der Waals surface area (Å²) in [5.41, 5.74) is 5.91. The number of alkyl halides is 3. The molecular formula is C12H12F3N3O2. The highest BCUT2D eigenvalue weighted by Gasteiger charge is 2.26. The molecule has 0 aliphatic heterocycles. The molecule has 20 heavy (non-hydrogen) atoms. The van der Waals surface area contributed by atoms with Crippen LogP contribution >= 0.6 is 0 Å². The molecule has 3 N–H and O–H groups in total. The molecule has 1 aromatic carbocycles. The number of rotatable bonds is 4. The Labute approximate surface area is 111 Å². The van der Waals surface area contributed by atoms with Gasteiger partial charge in [0.25, 0.3) is 5.56 Å². The van der Waals surface area contributed by atoms with Crippen molar-refractivity contribution in [2.75, 3.05) is 12.3 Å². The average Bonchev–Trinajstić information content (AvgIpc) is 2.35. The van der Waals surface area contributed by atoms with Gasteiger partial charge in [-0.3, -0.25) is 4.79 Å². The minimum Gasteiger partial charge on any atom is -0.491 e. The average molecular weight is 287 g/mol. The molecule has 0 amide bonds. The van der Waals surface area contributed by atoms with Crippen molar-refractivity contribution in [2.45, 2.75) is 19.0 Å². The van der Waals surface area contributed by atoms with Gasteiger partial charge < -0.3 is 15.5 Å². The van der Waals surface area contributed by atoms with E-state index in [0.29, 0.717) is 10.9 Å². The Hall–Kier alpha value is -2.25. The number of aromatic amines is 1. The summed E-state index contributed by atoms with van der Waals surface area (Å²) in [5, 5.41) is 0.299. The van der Waals surface area contributed by atoms with Gasteiger partial charge in [-0.25, -0.2) is 4.98 Å². The van der Waals surface area contributed by atoms with Crippen molar-refractivity contribution in [2.24, 2.45) is 0 Å². The van der Waals surface area contributed by atoms with E-state index < -0.39 is 12.6 Å². The lowest BCUT2D eigenvalue weighted by atomic mass is 10.2. The Morgan fingerprint density at radius 1 is 1.35 bits per heavy atom. The fraction of sp³-hybridized carbons (Fsp3) is 0.333. The summed E-state index contributed by atoms with van der Waals surface area (Å²) in [7, 11) is 0. The predicted molar refractivity (Wildman–Crippen MR) is 67.6 cm³/mol. The van der Waals surface area contributed by atoms with E-state index in [1.54, 1.807) is 0 Å². The number of halogens is 3.